The van der Waals surface area contributed by atoms with Gasteiger partial charge in [-0.1, -0.05) is 11.3 Å². The minimum absolute atomic E-state index is 0.0780. The number of hydrogen-bond acceptors (Lipinski definition) is 8. The molecule has 9 nitrogen and oxygen atoms in total. The normalized spacial score (nSPS) is 10.7. The minimum atomic E-state index is -0.518. The van der Waals surface area contributed by atoms with E-state index in [-0.39, 0.29) is 23.3 Å². The third kappa shape index (κ3) is 6.34. The highest BCUT2D eigenvalue weighted by Crippen LogP contribution is 2.29. The average molecular weight is 509 g/mol. The predicted octanol–water partition coefficient (Wildman–Crippen LogP) is 5.59. The summed E-state index contributed by atoms with van der Waals surface area (Å²) < 4.78 is 6.43. The lowest BCUT2D eigenvalue weighted by molar-refractivity contribution is -0.384. The molecule has 1 aromatic heterocycles. The van der Waals surface area contributed by atoms with E-state index < -0.39 is 4.92 Å². The third-order valence-electron chi connectivity index (χ3n) is 4.74. The molecule has 0 saturated heterocycles. The maximum Gasteiger partial charge on any atom is 0.269 e. The number of amides is 2. The molecule has 0 unspecified atom stereocenters. The highest BCUT2D eigenvalue weighted by Gasteiger charge is 2.11. The fourth-order valence-corrected chi connectivity index (χ4v) is 4.70. The molecule has 0 aliphatic heterocycles. The number of fused-ring (bicyclic) bond motifs is 1. The summed E-state index contributed by atoms with van der Waals surface area (Å²) in [7, 11) is 0. The van der Waals surface area contributed by atoms with E-state index in [9.17, 15) is 19.7 Å². The van der Waals surface area contributed by atoms with Crippen LogP contribution in [0, 0.1) is 10.1 Å². The molecule has 1 heterocycles. The molecule has 0 aliphatic carbocycles. The van der Waals surface area contributed by atoms with Gasteiger partial charge in [0.1, 0.15) is 5.75 Å². The van der Waals surface area contributed by atoms with Crippen molar-refractivity contribution in [3.63, 3.8) is 0 Å². The summed E-state index contributed by atoms with van der Waals surface area (Å²) in [6, 6.07) is 18.1. The Morgan fingerprint density at radius 3 is 2.49 bits per heavy atom. The van der Waals surface area contributed by atoms with Crippen molar-refractivity contribution in [1.82, 2.24) is 4.98 Å². The lowest BCUT2D eigenvalue weighted by Crippen LogP contribution is -2.13. The maximum absolute atomic E-state index is 12.4. The van der Waals surface area contributed by atoms with Crippen LogP contribution in [0.2, 0.25) is 0 Å². The number of rotatable bonds is 9. The van der Waals surface area contributed by atoms with Gasteiger partial charge in [0, 0.05) is 28.3 Å². The summed E-state index contributed by atoms with van der Waals surface area (Å²) in [5.74, 6) is 0.428. The van der Waals surface area contributed by atoms with Gasteiger partial charge in [0.2, 0.25) is 5.91 Å². The number of hydrogen-bond donors (Lipinski definition) is 2. The number of carbonyl (C=O) groups is 2. The summed E-state index contributed by atoms with van der Waals surface area (Å²) in [5, 5.41) is 16.8. The predicted molar refractivity (Wildman–Crippen MR) is 138 cm³/mol. The average Bonchev–Trinajstić information content (AvgIpc) is 3.25. The Labute approximate surface area is 208 Å². The van der Waals surface area contributed by atoms with Crippen LogP contribution >= 0.6 is 23.1 Å². The number of anilines is 2. The van der Waals surface area contributed by atoms with Crippen LogP contribution in [0.4, 0.5) is 16.5 Å². The van der Waals surface area contributed by atoms with Crippen molar-refractivity contribution in [2.45, 2.75) is 11.8 Å². The van der Waals surface area contributed by atoms with E-state index in [1.807, 2.05) is 25.1 Å². The van der Waals surface area contributed by atoms with Gasteiger partial charge >= 0.3 is 0 Å². The first kappa shape index (κ1) is 24.2. The van der Waals surface area contributed by atoms with Gasteiger partial charge in [0.15, 0.2) is 5.13 Å². The number of nitrogens with one attached hydrogen (secondary N) is 2. The number of non-ortho nitro benzene ring substituents is 1. The molecule has 4 aromatic rings. The van der Waals surface area contributed by atoms with Crippen LogP contribution in [-0.4, -0.2) is 34.1 Å². The first-order valence-corrected chi connectivity index (χ1v) is 12.3. The van der Waals surface area contributed by atoms with Crippen molar-refractivity contribution in [1.29, 1.82) is 0 Å². The smallest absolute Gasteiger partial charge is 0.269 e. The van der Waals surface area contributed by atoms with Crippen molar-refractivity contribution in [2.24, 2.45) is 0 Å². The van der Waals surface area contributed by atoms with Crippen molar-refractivity contribution >= 4 is 61.6 Å². The van der Waals surface area contributed by atoms with E-state index in [4.69, 9.17) is 4.74 Å². The first-order valence-electron chi connectivity index (χ1n) is 10.5. The van der Waals surface area contributed by atoms with Gasteiger partial charge in [-0.3, -0.25) is 19.7 Å². The van der Waals surface area contributed by atoms with E-state index in [0.29, 0.717) is 23.0 Å². The molecule has 0 atom stereocenters. The lowest BCUT2D eigenvalue weighted by Gasteiger charge is -2.07. The van der Waals surface area contributed by atoms with Crippen LogP contribution in [0.5, 0.6) is 5.75 Å². The SMILES string of the molecule is CCOc1ccc2nc(NC(=O)CSc3ccc(NC(=O)c4ccc([N+](=O)[O-])cc4)cc3)sc2c1. The molecule has 4 rings (SSSR count). The number of aromatic nitrogens is 1. The quantitative estimate of drug-likeness (QED) is 0.172. The number of ether oxygens (including phenoxy) is 1. The molecule has 0 spiro atoms. The van der Waals surface area contributed by atoms with Crippen LogP contribution < -0.4 is 15.4 Å². The van der Waals surface area contributed by atoms with Gasteiger partial charge in [-0.15, -0.1) is 11.8 Å². The standard InChI is InChI=1S/C24H20N4O5S2/c1-2-33-18-9-12-20-21(13-18)35-24(26-20)27-22(29)14-34-19-10-5-16(6-11-19)25-23(30)15-3-7-17(8-4-15)28(31)32/h3-13H,2,14H2,1H3,(H,25,30)(H,26,27,29). The van der Waals surface area contributed by atoms with E-state index in [0.717, 1.165) is 20.9 Å². The zero-order chi connectivity index (χ0) is 24.8. The number of thiazole rings is 1. The van der Waals surface area contributed by atoms with Crippen molar-refractivity contribution < 1.29 is 19.2 Å². The van der Waals surface area contributed by atoms with Crippen LogP contribution in [0.1, 0.15) is 17.3 Å². The maximum atomic E-state index is 12.4. The zero-order valence-electron chi connectivity index (χ0n) is 18.5. The highest BCUT2D eigenvalue weighted by atomic mass is 32.2. The summed E-state index contributed by atoms with van der Waals surface area (Å²) in [6.45, 7) is 2.50. The largest absolute Gasteiger partial charge is 0.494 e. The molecule has 2 amide bonds. The molecule has 0 fully saturated rings. The number of nitro benzene ring substituents is 1. The number of thioether (sulfide) groups is 1. The van der Waals surface area contributed by atoms with Crippen LogP contribution in [0.25, 0.3) is 10.2 Å². The molecule has 178 valence electrons. The van der Waals surface area contributed by atoms with E-state index in [1.165, 1.54) is 47.4 Å². The highest BCUT2D eigenvalue weighted by molar-refractivity contribution is 8.00. The Bertz CT molecular complexity index is 1370. The Morgan fingerprint density at radius 2 is 1.80 bits per heavy atom. The summed E-state index contributed by atoms with van der Waals surface area (Å²) in [4.78, 5) is 40.2. The molecule has 0 radical (unpaired) electrons. The van der Waals surface area contributed by atoms with E-state index in [2.05, 4.69) is 15.6 Å². The summed E-state index contributed by atoms with van der Waals surface area (Å²) >= 11 is 2.75. The molecular formula is C24H20N4O5S2. The summed E-state index contributed by atoms with van der Waals surface area (Å²) in [6.07, 6.45) is 0. The van der Waals surface area contributed by atoms with Gasteiger partial charge in [0.05, 0.1) is 27.5 Å². The molecular weight excluding hydrogens is 488 g/mol. The van der Waals surface area contributed by atoms with Gasteiger partial charge < -0.3 is 15.4 Å². The van der Waals surface area contributed by atoms with Gasteiger partial charge in [-0.05, 0) is 61.5 Å². The second-order valence-corrected chi connectivity index (χ2v) is 9.28. The molecule has 2 N–H and O–H groups in total. The number of nitrogens with zero attached hydrogens (tertiary/aromatic N) is 2. The zero-order valence-corrected chi connectivity index (χ0v) is 20.2. The van der Waals surface area contributed by atoms with Crippen LogP contribution in [0.3, 0.4) is 0 Å². The second kappa shape index (κ2) is 11.0. The Kier molecular flexibility index (Phi) is 7.58. The second-order valence-electron chi connectivity index (χ2n) is 7.20. The summed E-state index contributed by atoms with van der Waals surface area (Å²) in [5.41, 5.74) is 1.61. The minimum Gasteiger partial charge on any atom is -0.494 e. The number of carbonyl (C=O) groups excluding carboxylic acids is 2. The Morgan fingerprint density at radius 1 is 1.06 bits per heavy atom. The lowest BCUT2D eigenvalue weighted by atomic mass is 10.2. The van der Waals surface area contributed by atoms with Gasteiger partial charge in [-0.2, -0.15) is 0 Å². The fourth-order valence-electron chi connectivity index (χ4n) is 3.09. The van der Waals surface area contributed by atoms with Crippen LogP contribution in [0.15, 0.2) is 71.6 Å². The van der Waals surface area contributed by atoms with Crippen molar-refractivity contribution in [3.8, 4) is 5.75 Å². The molecule has 0 saturated carbocycles. The molecule has 3 aromatic carbocycles. The third-order valence-corrected chi connectivity index (χ3v) is 6.69. The first-order chi connectivity index (χ1) is 16.9. The molecule has 0 bridgehead atoms. The number of nitro groups is 1. The van der Waals surface area contributed by atoms with Crippen molar-refractivity contribution in [2.75, 3.05) is 23.0 Å². The van der Waals surface area contributed by atoms with Crippen LogP contribution in [-0.2, 0) is 4.79 Å². The van der Waals surface area contributed by atoms with E-state index in [1.54, 1.807) is 24.3 Å². The van der Waals surface area contributed by atoms with Gasteiger partial charge in [-0.25, -0.2) is 4.98 Å². The topological polar surface area (TPSA) is 123 Å². The monoisotopic (exact) mass is 508 g/mol. The van der Waals surface area contributed by atoms with Gasteiger partial charge in [0.25, 0.3) is 11.6 Å². The molecule has 35 heavy (non-hydrogen) atoms. The Hall–Kier alpha value is -3.96. The van der Waals surface area contributed by atoms with E-state index >= 15 is 0 Å². The fraction of sp³-hybridized carbons (Fsp3) is 0.125. The molecule has 11 heteroatoms. The Balaban J connectivity index is 1.28. The molecule has 0 aliphatic rings. The number of benzene rings is 3. The van der Waals surface area contributed by atoms with Crippen molar-refractivity contribution in [3.05, 3.63) is 82.4 Å².